The van der Waals surface area contributed by atoms with Crippen LogP contribution in [0.25, 0.3) is 17.4 Å². The number of nitro benzene ring substituents is 1. The van der Waals surface area contributed by atoms with E-state index in [1.807, 2.05) is 19.1 Å². The van der Waals surface area contributed by atoms with Gasteiger partial charge in [0.1, 0.15) is 11.5 Å². The molecule has 0 unspecified atom stereocenters. The minimum Gasteiger partial charge on any atom is -0.457 e. The van der Waals surface area contributed by atoms with E-state index >= 15 is 0 Å². The zero-order valence-electron chi connectivity index (χ0n) is 18.8. The van der Waals surface area contributed by atoms with Gasteiger partial charge in [0.15, 0.2) is 5.17 Å². The molecule has 8 nitrogen and oxygen atoms in total. The van der Waals surface area contributed by atoms with Crippen LogP contribution >= 0.6 is 23.4 Å². The number of hydrogen-bond acceptors (Lipinski definition) is 7. The van der Waals surface area contributed by atoms with Crippen molar-refractivity contribution in [2.45, 2.75) is 6.92 Å². The van der Waals surface area contributed by atoms with Crippen molar-refractivity contribution in [1.29, 1.82) is 0 Å². The molecule has 0 spiro atoms. The number of rotatable bonds is 4. The first kappa shape index (κ1) is 23.2. The molecule has 0 N–H and O–H groups in total. The predicted octanol–water partition coefficient (Wildman–Crippen LogP) is 5.61. The van der Waals surface area contributed by atoms with Crippen LogP contribution in [-0.2, 0) is 4.79 Å². The Labute approximate surface area is 211 Å². The standard InChI is InChI=1S/C25H21ClN4O4S/c1-16-5-6-18(14-21(16)26)28-9-11-29(12-10-28)25-27-24(31)23(35-25)15-20-7-8-22(34-20)17-3-2-4-19(13-17)30(32)33/h2-8,13-15H,9-12H2,1H3/b23-15-. The molecular weight excluding hydrogens is 488 g/mol. The SMILES string of the molecule is Cc1ccc(N2CCN(C3=NC(=O)/C(=C/c4ccc(-c5cccc([N+](=O)[O-])c5)o4)S3)CC2)cc1Cl. The van der Waals surface area contributed by atoms with E-state index in [1.54, 1.807) is 30.3 Å². The Balaban J connectivity index is 1.23. The van der Waals surface area contributed by atoms with Crippen molar-refractivity contribution in [2.75, 3.05) is 31.1 Å². The number of benzene rings is 2. The van der Waals surface area contributed by atoms with Gasteiger partial charge in [-0.1, -0.05) is 29.8 Å². The number of hydrogen-bond donors (Lipinski definition) is 0. The molecule has 2 aromatic carbocycles. The highest BCUT2D eigenvalue weighted by Gasteiger charge is 2.29. The van der Waals surface area contributed by atoms with Crippen LogP contribution in [0.3, 0.4) is 0 Å². The van der Waals surface area contributed by atoms with Gasteiger partial charge in [-0.3, -0.25) is 14.9 Å². The molecular formula is C25H21ClN4O4S. The molecule has 2 aliphatic rings. The van der Waals surface area contributed by atoms with Gasteiger partial charge in [-0.15, -0.1) is 0 Å². The molecule has 1 amide bonds. The summed E-state index contributed by atoms with van der Waals surface area (Å²) < 4.78 is 5.83. The van der Waals surface area contributed by atoms with Gasteiger partial charge in [0.2, 0.25) is 0 Å². The smallest absolute Gasteiger partial charge is 0.286 e. The molecule has 0 bridgehead atoms. The highest BCUT2D eigenvalue weighted by atomic mass is 35.5. The second kappa shape index (κ2) is 9.59. The van der Waals surface area contributed by atoms with Crippen LogP contribution in [0.15, 0.2) is 68.9 Å². The number of aliphatic imine (C=N–C) groups is 1. The van der Waals surface area contributed by atoms with Gasteiger partial charge in [-0.05, 0) is 48.5 Å². The second-order valence-electron chi connectivity index (χ2n) is 8.23. The number of furan rings is 1. The summed E-state index contributed by atoms with van der Waals surface area (Å²) in [6.07, 6.45) is 1.66. The molecule has 0 aliphatic carbocycles. The van der Waals surface area contributed by atoms with Crippen LogP contribution in [0, 0.1) is 17.0 Å². The molecule has 3 heterocycles. The predicted molar refractivity (Wildman–Crippen MR) is 139 cm³/mol. The highest BCUT2D eigenvalue weighted by Crippen LogP contribution is 2.33. The van der Waals surface area contributed by atoms with Gasteiger partial charge >= 0.3 is 0 Å². The first-order valence-electron chi connectivity index (χ1n) is 11.0. The van der Waals surface area contributed by atoms with Crippen LogP contribution in [0.2, 0.25) is 5.02 Å². The molecule has 5 rings (SSSR count). The minimum atomic E-state index is -0.447. The number of nitro groups is 1. The lowest BCUT2D eigenvalue weighted by Crippen LogP contribution is -2.47. The molecule has 0 atom stereocenters. The fourth-order valence-electron chi connectivity index (χ4n) is 3.96. The number of amides is 1. The molecule has 1 fully saturated rings. The molecule has 10 heteroatoms. The number of aryl methyl sites for hydroxylation is 1. The normalized spacial score (nSPS) is 17.3. The number of halogens is 1. The summed E-state index contributed by atoms with van der Waals surface area (Å²) in [4.78, 5) is 32.2. The third kappa shape index (κ3) is 4.96. The Kier molecular flexibility index (Phi) is 6.36. The number of nitrogens with zero attached hydrogens (tertiary/aromatic N) is 4. The molecule has 1 aromatic heterocycles. The monoisotopic (exact) mass is 508 g/mol. The van der Waals surface area contributed by atoms with Crippen molar-refractivity contribution >= 4 is 51.9 Å². The minimum absolute atomic E-state index is 0.0102. The number of anilines is 1. The number of non-ortho nitro benzene ring substituents is 1. The van der Waals surface area contributed by atoms with E-state index in [0.717, 1.165) is 42.5 Å². The quantitative estimate of drug-likeness (QED) is 0.257. The van der Waals surface area contributed by atoms with Crippen LogP contribution in [0.4, 0.5) is 11.4 Å². The fourth-order valence-corrected chi connectivity index (χ4v) is 5.07. The maximum absolute atomic E-state index is 12.5. The van der Waals surface area contributed by atoms with E-state index in [0.29, 0.717) is 27.2 Å². The molecule has 3 aromatic rings. The number of carbonyl (C=O) groups excluding carboxylic acids is 1. The average Bonchev–Trinajstić information content (AvgIpc) is 3.48. The van der Waals surface area contributed by atoms with Crippen molar-refractivity contribution < 1.29 is 14.1 Å². The maximum atomic E-state index is 12.5. The molecule has 2 aliphatic heterocycles. The van der Waals surface area contributed by atoms with E-state index in [1.165, 1.54) is 23.9 Å². The summed E-state index contributed by atoms with van der Waals surface area (Å²) in [6.45, 7) is 5.08. The Morgan fingerprint density at radius 3 is 2.60 bits per heavy atom. The largest absolute Gasteiger partial charge is 0.457 e. The number of amidine groups is 1. The Hall–Kier alpha value is -3.56. The van der Waals surface area contributed by atoms with E-state index in [2.05, 4.69) is 20.9 Å². The second-order valence-corrected chi connectivity index (χ2v) is 9.64. The van der Waals surface area contributed by atoms with Gasteiger partial charge in [-0.2, -0.15) is 4.99 Å². The lowest BCUT2D eigenvalue weighted by molar-refractivity contribution is -0.384. The topological polar surface area (TPSA) is 92.2 Å². The Morgan fingerprint density at radius 2 is 1.86 bits per heavy atom. The molecule has 1 saturated heterocycles. The molecule has 0 radical (unpaired) electrons. The maximum Gasteiger partial charge on any atom is 0.286 e. The first-order chi connectivity index (χ1) is 16.9. The number of carbonyl (C=O) groups is 1. The van der Waals surface area contributed by atoms with Gasteiger partial charge in [0.25, 0.3) is 11.6 Å². The Bertz CT molecular complexity index is 1380. The van der Waals surface area contributed by atoms with Crippen LogP contribution < -0.4 is 4.90 Å². The van der Waals surface area contributed by atoms with Gasteiger partial charge in [0, 0.05) is 60.7 Å². The third-order valence-corrected chi connectivity index (χ3v) is 7.37. The number of piperazine rings is 1. The number of thioether (sulfide) groups is 1. The zero-order valence-corrected chi connectivity index (χ0v) is 20.4. The summed E-state index contributed by atoms with van der Waals surface area (Å²) in [5, 5.41) is 12.5. The van der Waals surface area contributed by atoms with E-state index in [9.17, 15) is 14.9 Å². The van der Waals surface area contributed by atoms with E-state index in [-0.39, 0.29) is 11.6 Å². The summed E-state index contributed by atoms with van der Waals surface area (Å²) in [7, 11) is 0. The first-order valence-corrected chi connectivity index (χ1v) is 12.2. The summed E-state index contributed by atoms with van der Waals surface area (Å²) in [5.74, 6) is 0.676. The van der Waals surface area contributed by atoms with Crippen LogP contribution in [-0.4, -0.2) is 47.1 Å². The highest BCUT2D eigenvalue weighted by molar-refractivity contribution is 8.18. The fraction of sp³-hybridized carbons (Fsp3) is 0.200. The van der Waals surface area contributed by atoms with Crippen molar-refractivity contribution in [3.63, 3.8) is 0 Å². The Morgan fingerprint density at radius 1 is 1.09 bits per heavy atom. The lowest BCUT2D eigenvalue weighted by Gasteiger charge is -2.36. The molecule has 178 valence electrons. The lowest BCUT2D eigenvalue weighted by atomic mass is 10.1. The molecule has 35 heavy (non-hydrogen) atoms. The summed E-state index contributed by atoms with van der Waals surface area (Å²) in [6, 6.07) is 15.8. The van der Waals surface area contributed by atoms with Crippen molar-refractivity contribution in [3.8, 4) is 11.3 Å². The van der Waals surface area contributed by atoms with E-state index in [4.69, 9.17) is 16.0 Å². The summed E-state index contributed by atoms with van der Waals surface area (Å²) in [5.41, 5.74) is 2.73. The zero-order chi connectivity index (χ0) is 24.5. The third-order valence-electron chi connectivity index (χ3n) is 5.92. The average molecular weight is 509 g/mol. The van der Waals surface area contributed by atoms with E-state index < -0.39 is 4.92 Å². The van der Waals surface area contributed by atoms with Gasteiger partial charge in [0.05, 0.1) is 9.83 Å². The molecule has 0 saturated carbocycles. The summed E-state index contributed by atoms with van der Waals surface area (Å²) >= 11 is 7.61. The van der Waals surface area contributed by atoms with Crippen molar-refractivity contribution in [2.24, 2.45) is 4.99 Å². The van der Waals surface area contributed by atoms with Crippen molar-refractivity contribution in [3.05, 3.63) is 86.0 Å². The van der Waals surface area contributed by atoms with Gasteiger partial charge < -0.3 is 14.2 Å². The van der Waals surface area contributed by atoms with Crippen LogP contribution in [0.5, 0.6) is 0 Å². The van der Waals surface area contributed by atoms with Crippen LogP contribution in [0.1, 0.15) is 11.3 Å². The van der Waals surface area contributed by atoms with Gasteiger partial charge in [-0.25, -0.2) is 0 Å². The van der Waals surface area contributed by atoms with Crippen molar-refractivity contribution in [1.82, 2.24) is 4.90 Å².